The maximum atomic E-state index is 9.19. The topological polar surface area (TPSA) is 142 Å². The minimum Gasteiger partial charge on any atom is -0.409 e. The molecule has 0 saturated carbocycles. The molecule has 0 aliphatic heterocycles. The van der Waals surface area contributed by atoms with Gasteiger partial charge in [0.05, 0.1) is 18.1 Å². The van der Waals surface area contributed by atoms with Crippen molar-refractivity contribution in [3.8, 4) is 11.3 Å². The first-order valence-corrected chi connectivity index (χ1v) is 7.58. The monoisotopic (exact) mass is 312 g/mol. The lowest BCUT2D eigenvalue weighted by Gasteiger charge is -1.98. The second-order valence-electron chi connectivity index (χ2n) is 4.23. The van der Waals surface area contributed by atoms with Gasteiger partial charge in [-0.2, -0.15) is 8.42 Å². The summed E-state index contributed by atoms with van der Waals surface area (Å²) in [6.07, 6.45) is 2.37. The maximum absolute atomic E-state index is 9.19. The number of nitrogens with two attached hydrogens (primary N) is 1. The minimum absolute atomic E-state index is 0.0288. The van der Waals surface area contributed by atoms with Crippen molar-refractivity contribution < 1.29 is 18.2 Å². The van der Waals surface area contributed by atoms with Gasteiger partial charge in [0.15, 0.2) is 5.82 Å². The quantitative estimate of drug-likeness (QED) is 0.214. The lowest BCUT2D eigenvalue weighted by Crippen LogP contribution is -2.14. The van der Waals surface area contributed by atoms with Crippen LogP contribution in [0.25, 0.3) is 11.3 Å². The van der Waals surface area contributed by atoms with Gasteiger partial charge in [-0.1, -0.05) is 28.9 Å². The number of aromatic nitrogens is 2. The average Bonchev–Trinajstić information content (AvgIpc) is 2.85. The molecule has 5 N–H and O–H groups in total. The van der Waals surface area contributed by atoms with E-state index < -0.39 is 10.1 Å². The number of rotatable bonds is 2. The van der Waals surface area contributed by atoms with Crippen molar-refractivity contribution >= 4 is 16.0 Å². The fourth-order valence-corrected chi connectivity index (χ4v) is 1.46. The van der Waals surface area contributed by atoms with Crippen LogP contribution in [0.1, 0.15) is 11.4 Å². The number of nitrogens with zero attached hydrogens (tertiary/aromatic N) is 2. The van der Waals surface area contributed by atoms with Gasteiger partial charge >= 0.3 is 0 Å². The molecule has 0 spiro atoms. The Bertz CT molecular complexity index is 729. The zero-order valence-electron chi connectivity index (χ0n) is 11.5. The van der Waals surface area contributed by atoms with Crippen LogP contribution >= 0.6 is 0 Å². The highest BCUT2D eigenvalue weighted by molar-refractivity contribution is 7.85. The second-order valence-corrected chi connectivity index (χ2v) is 5.70. The van der Waals surface area contributed by atoms with Gasteiger partial charge in [-0.05, 0) is 18.6 Å². The fraction of sp³-hybridized carbons (Fsp3) is 0.167. The summed E-state index contributed by atoms with van der Waals surface area (Å²) in [7, 11) is -3.67. The Balaban J connectivity index is 0.000000383. The zero-order chi connectivity index (χ0) is 16.0. The van der Waals surface area contributed by atoms with E-state index in [0.717, 1.165) is 16.8 Å². The molecule has 0 aliphatic rings. The lowest BCUT2D eigenvalue weighted by atomic mass is 10.1. The van der Waals surface area contributed by atoms with E-state index in [1.165, 1.54) is 0 Å². The van der Waals surface area contributed by atoms with Gasteiger partial charge in [0, 0.05) is 0 Å². The SMILES string of the molecule is CS(=O)(=O)O.Cc1cccc(-c2cnc(/C(N)=N/O)[nH]2)c1. The number of aryl methyl sites for hydroxylation is 1. The number of H-pyrrole nitrogens is 1. The molecule has 114 valence electrons. The van der Waals surface area contributed by atoms with Crippen LogP contribution in [-0.4, -0.2) is 40.2 Å². The molecule has 1 heterocycles. The second kappa shape index (κ2) is 6.86. The van der Waals surface area contributed by atoms with Crippen molar-refractivity contribution in [2.75, 3.05) is 6.26 Å². The molecule has 0 saturated heterocycles. The molecule has 0 aliphatic carbocycles. The molecule has 2 rings (SSSR count). The van der Waals surface area contributed by atoms with E-state index in [9.17, 15) is 8.42 Å². The van der Waals surface area contributed by atoms with Gasteiger partial charge in [0.1, 0.15) is 0 Å². The van der Waals surface area contributed by atoms with Crippen molar-refractivity contribution in [1.29, 1.82) is 0 Å². The van der Waals surface area contributed by atoms with Crippen molar-refractivity contribution in [2.45, 2.75) is 6.92 Å². The molecule has 1 aromatic heterocycles. The van der Waals surface area contributed by atoms with Crippen molar-refractivity contribution in [3.63, 3.8) is 0 Å². The molecule has 0 amide bonds. The van der Waals surface area contributed by atoms with Crippen LogP contribution in [-0.2, 0) is 10.1 Å². The smallest absolute Gasteiger partial charge is 0.261 e. The van der Waals surface area contributed by atoms with E-state index >= 15 is 0 Å². The maximum Gasteiger partial charge on any atom is 0.261 e. The van der Waals surface area contributed by atoms with E-state index in [4.69, 9.17) is 15.5 Å². The number of amidine groups is 1. The summed E-state index contributed by atoms with van der Waals surface area (Å²) in [6, 6.07) is 7.99. The predicted octanol–water partition coefficient (Wildman–Crippen LogP) is 0.984. The summed E-state index contributed by atoms with van der Waals surface area (Å²) in [6.45, 7) is 2.02. The molecule has 0 bridgehead atoms. The Morgan fingerprint density at radius 2 is 2.05 bits per heavy atom. The average molecular weight is 312 g/mol. The molecular weight excluding hydrogens is 296 g/mol. The Morgan fingerprint density at radius 3 is 2.57 bits per heavy atom. The zero-order valence-corrected chi connectivity index (χ0v) is 12.3. The lowest BCUT2D eigenvalue weighted by molar-refractivity contribution is 0.318. The fourth-order valence-electron chi connectivity index (χ4n) is 1.46. The Morgan fingerprint density at radius 1 is 1.43 bits per heavy atom. The number of hydrogen-bond acceptors (Lipinski definition) is 5. The molecule has 2 aromatic rings. The van der Waals surface area contributed by atoms with Crippen LogP contribution in [0.5, 0.6) is 0 Å². The number of hydrogen-bond donors (Lipinski definition) is 4. The van der Waals surface area contributed by atoms with Crippen LogP contribution < -0.4 is 5.73 Å². The highest BCUT2D eigenvalue weighted by atomic mass is 32.2. The van der Waals surface area contributed by atoms with Gasteiger partial charge in [0.2, 0.25) is 5.84 Å². The third-order valence-electron chi connectivity index (χ3n) is 2.26. The summed E-state index contributed by atoms with van der Waals surface area (Å²) in [4.78, 5) is 7.00. The Kier molecular flexibility index (Phi) is 5.44. The van der Waals surface area contributed by atoms with Crippen LogP contribution in [0.15, 0.2) is 35.6 Å². The molecule has 1 aromatic carbocycles. The minimum atomic E-state index is -3.67. The summed E-state index contributed by atoms with van der Waals surface area (Å²) < 4.78 is 25.9. The third kappa shape index (κ3) is 6.06. The van der Waals surface area contributed by atoms with Gasteiger partial charge < -0.3 is 15.9 Å². The van der Waals surface area contributed by atoms with Gasteiger partial charge in [-0.15, -0.1) is 0 Å². The Labute approximate surface area is 122 Å². The largest absolute Gasteiger partial charge is 0.409 e. The first-order valence-electron chi connectivity index (χ1n) is 5.73. The molecule has 0 atom stereocenters. The van der Waals surface area contributed by atoms with Crippen LogP contribution in [0.4, 0.5) is 0 Å². The molecular formula is C12H16N4O4S. The molecule has 0 unspecified atom stereocenters. The first-order chi connectivity index (χ1) is 9.70. The number of aromatic amines is 1. The van der Waals surface area contributed by atoms with Crippen LogP contribution in [0, 0.1) is 6.92 Å². The van der Waals surface area contributed by atoms with E-state index in [1.807, 2.05) is 31.2 Å². The van der Waals surface area contributed by atoms with Gasteiger partial charge in [-0.3, -0.25) is 4.55 Å². The highest BCUT2D eigenvalue weighted by Crippen LogP contribution is 2.17. The highest BCUT2D eigenvalue weighted by Gasteiger charge is 2.06. The van der Waals surface area contributed by atoms with Crippen LogP contribution in [0.3, 0.4) is 0 Å². The van der Waals surface area contributed by atoms with Crippen molar-refractivity contribution in [2.24, 2.45) is 10.9 Å². The molecule has 0 radical (unpaired) electrons. The number of nitrogens with one attached hydrogen (secondary N) is 1. The van der Waals surface area contributed by atoms with E-state index in [2.05, 4.69) is 15.1 Å². The number of oxime groups is 1. The summed E-state index contributed by atoms with van der Waals surface area (Å²) >= 11 is 0. The molecule has 9 heteroatoms. The standard InChI is InChI=1S/C11H12N4O.CH4O3S/c1-7-3-2-4-8(5-7)9-6-13-11(14-9)10(12)15-16;1-5(2,3)4/h2-6,16H,1H3,(H2,12,15)(H,13,14);1H3,(H,2,3,4). The summed E-state index contributed by atoms with van der Waals surface area (Å²) in [5.41, 5.74) is 8.44. The van der Waals surface area contributed by atoms with Gasteiger partial charge in [0.25, 0.3) is 10.1 Å². The van der Waals surface area contributed by atoms with E-state index in [1.54, 1.807) is 6.20 Å². The number of imidazole rings is 1. The molecule has 8 nitrogen and oxygen atoms in total. The van der Waals surface area contributed by atoms with Crippen LogP contribution in [0.2, 0.25) is 0 Å². The molecule has 21 heavy (non-hydrogen) atoms. The van der Waals surface area contributed by atoms with E-state index in [-0.39, 0.29) is 5.84 Å². The summed E-state index contributed by atoms with van der Waals surface area (Å²) in [5, 5.41) is 11.4. The normalized spacial score (nSPS) is 11.7. The van der Waals surface area contributed by atoms with E-state index in [0.29, 0.717) is 12.1 Å². The Hall–Kier alpha value is -2.39. The van der Waals surface area contributed by atoms with Crippen molar-refractivity contribution in [1.82, 2.24) is 9.97 Å². The predicted molar refractivity (Wildman–Crippen MR) is 78.7 cm³/mol. The van der Waals surface area contributed by atoms with Crippen molar-refractivity contribution in [3.05, 3.63) is 41.9 Å². The number of benzene rings is 1. The first kappa shape index (κ1) is 16.7. The van der Waals surface area contributed by atoms with Gasteiger partial charge in [-0.25, -0.2) is 4.98 Å². The third-order valence-corrected chi connectivity index (χ3v) is 2.26. The summed E-state index contributed by atoms with van der Waals surface area (Å²) in [5.74, 6) is 0.331. The molecule has 0 fully saturated rings.